The molecule has 1 radical (unpaired) electrons. The van der Waals surface area contributed by atoms with Crippen molar-refractivity contribution in [3.8, 4) is 0 Å². The van der Waals surface area contributed by atoms with Crippen molar-refractivity contribution < 1.29 is 5.11 Å². The van der Waals surface area contributed by atoms with Crippen molar-refractivity contribution in [3.05, 3.63) is 0 Å². The van der Waals surface area contributed by atoms with Crippen molar-refractivity contribution in [3.63, 3.8) is 0 Å². The molecule has 0 unspecified atom stereocenters. The van der Waals surface area contributed by atoms with Gasteiger partial charge in [0.2, 0.25) is 6.40 Å². The van der Waals surface area contributed by atoms with E-state index in [1.165, 1.54) is 19.3 Å². The van der Waals surface area contributed by atoms with E-state index in [9.17, 15) is 5.11 Å². The van der Waals surface area contributed by atoms with Gasteiger partial charge >= 0.3 is 0 Å². The predicted octanol–water partition coefficient (Wildman–Crippen LogP) is 1.78. The molecule has 51 valence electrons. The first-order valence-corrected chi connectivity index (χ1v) is 3.57. The zero-order valence-corrected chi connectivity index (χ0v) is 5.55. The average molecular weight is 126 g/mol. The van der Waals surface area contributed by atoms with Crippen LogP contribution in [0.5, 0.6) is 0 Å². The topological polar surface area (TPSA) is 32.3 Å². The molecule has 0 aromatic rings. The lowest BCUT2D eigenvalue weighted by Gasteiger charge is -2.15. The average Bonchev–Trinajstić information content (AvgIpc) is 1.91. The molecule has 1 fully saturated rings. The lowest BCUT2D eigenvalue weighted by atomic mass is 9.96. The highest BCUT2D eigenvalue weighted by molar-refractivity contribution is 5.42. The highest BCUT2D eigenvalue weighted by atomic mass is 16.3. The minimum Gasteiger partial charge on any atom is -0.277 e. The molecule has 0 spiro atoms. The van der Waals surface area contributed by atoms with E-state index in [2.05, 4.69) is 4.99 Å². The monoisotopic (exact) mass is 126 g/mol. The summed E-state index contributed by atoms with van der Waals surface area (Å²) in [4.78, 5) is 3.80. The van der Waals surface area contributed by atoms with E-state index in [0.717, 1.165) is 12.8 Å². The van der Waals surface area contributed by atoms with E-state index < -0.39 is 0 Å². The van der Waals surface area contributed by atoms with Crippen LogP contribution >= 0.6 is 0 Å². The molecule has 0 saturated heterocycles. The predicted molar refractivity (Wildman–Crippen MR) is 36.1 cm³/mol. The van der Waals surface area contributed by atoms with Crippen LogP contribution in [0.15, 0.2) is 4.99 Å². The normalized spacial score (nSPS) is 23.1. The minimum atomic E-state index is 0.358. The number of rotatable bonds is 1. The Kier molecular flexibility index (Phi) is 2.55. The molecule has 9 heavy (non-hydrogen) atoms. The molecule has 1 rings (SSSR count). The highest BCUT2D eigenvalue weighted by Gasteiger charge is 2.10. The van der Waals surface area contributed by atoms with Gasteiger partial charge in [-0.3, -0.25) is 10.1 Å². The molecule has 2 heteroatoms. The van der Waals surface area contributed by atoms with E-state index >= 15 is 0 Å². The van der Waals surface area contributed by atoms with Gasteiger partial charge in [0.25, 0.3) is 0 Å². The largest absolute Gasteiger partial charge is 0.277 e. The maximum Gasteiger partial charge on any atom is 0.228 e. The third kappa shape index (κ3) is 2.04. The summed E-state index contributed by atoms with van der Waals surface area (Å²) >= 11 is 0. The van der Waals surface area contributed by atoms with Gasteiger partial charge in [0.05, 0.1) is 6.04 Å². The smallest absolute Gasteiger partial charge is 0.228 e. The molecule has 2 nitrogen and oxygen atoms in total. The van der Waals surface area contributed by atoms with Crippen molar-refractivity contribution in [2.24, 2.45) is 4.99 Å². The van der Waals surface area contributed by atoms with Gasteiger partial charge in [-0.1, -0.05) is 19.3 Å². The lowest BCUT2D eigenvalue weighted by Crippen LogP contribution is -2.09. The van der Waals surface area contributed by atoms with Crippen LogP contribution in [0.25, 0.3) is 0 Å². The number of hydrogen-bond acceptors (Lipinski definition) is 1. The summed E-state index contributed by atoms with van der Waals surface area (Å²) in [5.41, 5.74) is 0. The number of hydrogen-bond donors (Lipinski definition) is 0. The zero-order valence-electron chi connectivity index (χ0n) is 5.55. The molecule has 0 atom stereocenters. The summed E-state index contributed by atoms with van der Waals surface area (Å²) in [5, 5.41) is 9.91. The van der Waals surface area contributed by atoms with Gasteiger partial charge in [0.1, 0.15) is 0 Å². The fourth-order valence-corrected chi connectivity index (χ4v) is 1.32. The van der Waals surface area contributed by atoms with E-state index in [4.69, 9.17) is 0 Å². The van der Waals surface area contributed by atoms with E-state index in [0.29, 0.717) is 12.4 Å². The molecule has 1 aliphatic carbocycles. The van der Waals surface area contributed by atoms with Crippen LogP contribution in [-0.4, -0.2) is 12.4 Å². The Hall–Kier alpha value is -0.530. The van der Waals surface area contributed by atoms with E-state index in [1.807, 2.05) is 0 Å². The quantitative estimate of drug-likeness (QED) is 0.379. The second kappa shape index (κ2) is 3.49. The Morgan fingerprint density at radius 3 is 2.44 bits per heavy atom. The molecule has 0 aromatic heterocycles. The molecule has 0 heterocycles. The van der Waals surface area contributed by atoms with Crippen LogP contribution in [-0.2, 0) is 5.11 Å². The Morgan fingerprint density at radius 1 is 1.22 bits per heavy atom. The second-order valence-electron chi connectivity index (χ2n) is 2.55. The fourth-order valence-electron chi connectivity index (χ4n) is 1.32. The third-order valence-corrected chi connectivity index (χ3v) is 1.85. The maximum absolute atomic E-state index is 9.91. The SMILES string of the molecule is [O]/C=N/C1CCCCC1. The first-order valence-electron chi connectivity index (χ1n) is 3.57. The van der Waals surface area contributed by atoms with Gasteiger partial charge in [0.15, 0.2) is 0 Å². The standard InChI is InChI=1S/C7H12NO/c9-6-8-7-4-2-1-3-5-7/h6-7H,1-5H2/b8-6+. The Balaban J connectivity index is 2.23. The fraction of sp³-hybridized carbons (Fsp3) is 0.857. The third-order valence-electron chi connectivity index (χ3n) is 1.85. The van der Waals surface area contributed by atoms with Crippen molar-refractivity contribution in [2.45, 2.75) is 38.1 Å². The van der Waals surface area contributed by atoms with E-state index in [-0.39, 0.29) is 0 Å². The van der Waals surface area contributed by atoms with Crippen LogP contribution in [0.1, 0.15) is 32.1 Å². The summed E-state index contributed by atoms with van der Waals surface area (Å²) < 4.78 is 0. The van der Waals surface area contributed by atoms with E-state index in [1.54, 1.807) is 0 Å². The highest BCUT2D eigenvalue weighted by Crippen LogP contribution is 2.19. The molecule has 0 N–H and O–H groups in total. The summed E-state index contributed by atoms with van der Waals surface area (Å²) in [6.07, 6.45) is 6.77. The number of aliphatic imine (C=N–C) groups is 1. The van der Waals surface area contributed by atoms with Crippen LogP contribution in [0.2, 0.25) is 0 Å². The minimum absolute atomic E-state index is 0.358. The van der Waals surface area contributed by atoms with Gasteiger partial charge in [-0.2, -0.15) is 0 Å². The van der Waals surface area contributed by atoms with Gasteiger partial charge in [0, 0.05) is 0 Å². The molecule has 1 saturated carbocycles. The van der Waals surface area contributed by atoms with Gasteiger partial charge < -0.3 is 0 Å². The van der Waals surface area contributed by atoms with Crippen molar-refractivity contribution >= 4 is 6.40 Å². The van der Waals surface area contributed by atoms with Crippen LogP contribution in [0.3, 0.4) is 0 Å². The van der Waals surface area contributed by atoms with Crippen LogP contribution < -0.4 is 0 Å². The summed E-state index contributed by atoms with van der Waals surface area (Å²) in [6, 6.07) is 0.358. The van der Waals surface area contributed by atoms with Crippen molar-refractivity contribution in [1.29, 1.82) is 0 Å². The van der Waals surface area contributed by atoms with Gasteiger partial charge in [-0.15, -0.1) is 0 Å². The van der Waals surface area contributed by atoms with Gasteiger partial charge in [-0.25, -0.2) is 0 Å². The van der Waals surface area contributed by atoms with Crippen molar-refractivity contribution in [1.82, 2.24) is 0 Å². The molecule has 0 bridgehead atoms. The van der Waals surface area contributed by atoms with Crippen LogP contribution in [0, 0.1) is 0 Å². The second-order valence-corrected chi connectivity index (χ2v) is 2.55. The Bertz CT molecular complexity index is 95.1. The molecular weight excluding hydrogens is 114 g/mol. The zero-order chi connectivity index (χ0) is 6.53. The molecule has 0 amide bonds. The first-order chi connectivity index (χ1) is 4.43. The lowest BCUT2D eigenvalue weighted by molar-refractivity contribution is 0.412. The Morgan fingerprint density at radius 2 is 1.89 bits per heavy atom. The molecular formula is C7H12NO. The molecule has 1 aliphatic rings. The summed E-state index contributed by atoms with van der Waals surface area (Å²) in [7, 11) is 0. The summed E-state index contributed by atoms with van der Waals surface area (Å²) in [5.74, 6) is 0. The van der Waals surface area contributed by atoms with Crippen LogP contribution in [0.4, 0.5) is 0 Å². The molecule has 0 aromatic carbocycles. The van der Waals surface area contributed by atoms with Gasteiger partial charge in [-0.05, 0) is 12.8 Å². The summed E-state index contributed by atoms with van der Waals surface area (Å²) in [6.45, 7) is 0. The Labute approximate surface area is 55.6 Å². The first kappa shape index (κ1) is 6.59. The number of nitrogens with zero attached hydrogens (tertiary/aromatic N) is 1. The maximum atomic E-state index is 9.91. The van der Waals surface area contributed by atoms with Crippen molar-refractivity contribution in [2.75, 3.05) is 0 Å². The molecule has 0 aliphatic heterocycles.